The molecule has 4 rings (SSSR count). The summed E-state index contributed by atoms with van der Waals surface area (Å²) in [4.78, 5) is 0. The molecule has 0 saturated carbocycles. The summed E-state index contributed by atoms with van der Waals surface area (Å²) in [5.41, 5.74) is 10.3. The highest BCUT2D eigenvalue weighted by atomic mass is 28.3. The Morgan fingerprint density at radius 1 is 0.966 bits per heavy atom. The van der Waals surface area contributed by atoms with Gasteiger partial charge in [-0.2, -0.15) is 0 Å². The van der Waals surface area contributed by atoms with E-state index in [2.05, 4.69) is 78.2 Å². The summed E-state index contributed by atoms with van der Waals surface area (Å²) in [7, 11) is -1.07. The highest BCUT2D eigenvalue weighted by Crippen LogP contribution is 2.31. The molecule has 0 aliphatic rings. The van der Waals surface area contributed by atoms with Gasteiger partial charge >= 0.3 is 0 Å². The zero-order valence-electron chi connectivity index (χ0n) is 17.4. The number of aromatic nitrogens is 1. The van der Waals surface area contributed by atoms with Crippen LogP contribution >= 0.6 is 0 Å². The molecule has 0 atom stereocenters. The predicted molar refractivity (Wildman–Crippen MR) is 128 cm³/mol. The third-order valence-corrected chi connectivity index (χ3v) is 6.95. The van der Waals surface area contributed by atoms with Crippen LogP contribution in [0.4, 0.5) is 17.1 Å². The fraction of sp³-hybridized carbons (Fsp3) is 0.250. The van der Waals surface area contributed by atoms with Crippen molar-refractivity contribution in [1.29, 1.82) is 0 Å². The van der Waals surface area contributed by atoms with Gasteiger partial charge in [-0.25, -0.2) is 0 Å². The lowest BCUT2D eigenvalue weighted by molar-refractivity contribution is 0.0902. The van der Waals surface area contributed by atoms with Crippen LogP contribution in [0, 0.1) is 0 Å². The minimum absolute atomic E-state index is 0.579. The average Bonchev–Trinajstić information content (AvgIpc) is 3.09. The molecule has 0 saturated heterocycles. The normalized spacial score (nSPS) is 12.0. The second kappa shape index (κ2) is 7.93. The topological polar surface area (TPSA) is 52.2 Å². The maximum atomic E-state index is 6.42. The van der Waals surface area contributed by atoms with Gasteiger partial charge in [-0.05, 0) is 41.1 Å². The van der Waals surface area contributed by atoms with Gasteiger partial charge in [-0.1, -0.05) is 56.0 Å². The van der Waals surface area contributed by atoms with Crippen LogP contribution in [0.1, 0.15) is 0 Å². The molecule has 0 fully saturated rings. The molecule has 0 radical (unpaired) electrons. The number of rotatable bonds is 7. The van der Waals surface area contributed by atoms with E-state index >= 15 is 0 Å². The van der Waals surface area contributed by atoms with Gasteiger partial charge in [0.25, 0.3) is 0 Å². The molecular weight excluding hydrogens is 374 g/mol. The summed E-state index contributed by atoms with van der Waals surface area (Å²) >= 11 is 0. The van der Waals surface area contributed by atoms with E-state index in [1.54, 1.807) is 0 Å². The fourth-order valence-electron chi connectivity index (χ4n) is 3.48. The third kappa shape index (κ3) is 4.47. The van der Waals surface area contributed by atoms with Gasteiger partial charge < -0.3 is 20.4 Å². The lowest BCUT2D eigenvalue weighted by Crippen LogP contribution is -2.21. The van der Waals surface area contributed by atoms with E-state index in [1.807, 2.05) is 18.2 Å². The second-order valence-electron chi connectivity index (χ2n) is 8.78. The number of nitrogens with zero attached hydrogens (tertiary/aromatic N) is 1. The Labute approximate surface area is 173 Å². The van der Waals surface area contributed by atoms with Crippen molar-refractivity contribution in [2.24, 2.45) is 0 Å². The Morgan fingerprint density at radius 2 is 1.76 bits per heavy atom. The van der Waals surface area contributed by atoms with Crippen molar-refractivity contribution in [3.63, 3.8) is 0 Å². The minimum Gasteiger partial charge on any atom is -0.397 e. The summed E-state index contributed by atoms with van der Waals surface area (Å²) in [5, 5.41) is 6.91. The van der Waals surface area contributed by atoms with Crippen LogP contribution in [-0.4, -0.2) is 19.2 Å². The summed E-state index contributed by atoms with van der Waals surface area (Å²) in [5.74, 6) is 0. The number of hydrogen-bond acceptors (Lipinski definition) is 3. The van der Waals surface area contributed by atoms with E-state index in [4.69, 9.17) is 10.5 Å². The van der Waals surface area contributed by atoms with Crippen molar-refractivity contribution in [2.75, 3.05) is 17.7 Å². The largest absolute Gasteiger partial charge is 0.397 e. The van der Waals surface area contributed by atoms with Gasteiger partial charge in [0.1, 0.15) is 6.73 Å². The standard InChI is InChI=1S/C24H29N3OSi/c1-29(2,3)15-14-28-17-27-13-12-19-8-10-20(16-23(19)27)26-22-11-9-18-6-4-5-7-21(18)24(22)25/h4-13,16,26H,14-15,17,25H2,1-3H3. The fourth-order valence-corrected chi connectivity index (χ4v) is 4.23. The van der Waals surface area contributed by atoms with E-state index < -0.39 is 8.07 Å². The molecule has 3 N–H and O–H groups in total. The average molecular weight is 404 g/mol. The predicted octanol–water partition coefficient (Wildman–Crippen LogP) is 6.43. The van der Waals surface area contributed by atoms with E-state index in [0.29, 0.717) is 6.73 Å². The number of hydrogen-bond donors (Lipinski definition) is 2. The van der Waals surface area contributed by atoms with Crippen molar-refractivity contribution >= 4 is 46.8 Å². The van der Waals surface area contributed by atoms with Gasteiger partial charge in [0, 0.05) is 32.0 Å². The number of nitrogen functional groups attached to an aromatic ring is 1. The first-order valence-electron chi connectivity index (χ1n) is 10.1. The maximum Gasteiger partial charge on any atom is 0.122 e. The van der Waals surface area contributed by atoms with Crippen molar-refractivity contribution in [3.8, 4) is 0 Å². The molecule has 4 nitrogen and oxygen atoms in total. The quantitative estimate of drug-likeness (QED) is 0.212. The lowest BCUT2D eigenvalue weighted by atomic mass is 10.1. The summed E-state index contributed by atoms with van der Waals surface area (Å²) in [6, 6.07) is 22.0. The van der Waals surface area contributed by atoms with Crippen LogP contribution < -0.4 is 11.1 Å². The van der Waals surface area contributed by atoms with Gasteiger partial charge in [0.05, 0.1) is 16.9 Å². The minimum atomic E-state index is -1.07. The monoisotopic (exact) mass is 403 g/mol. The van der Waals surface area contributed by atoms with Crippen molar-refractivity contribution in [2.45, 2.75) is 32.4 Å². The molecule has 1 aromatic heterocycles. The Kier molecular flexibility index (Phi) is 5.35. The highest BCUT2D eigenvalue weighted by Gasteiger charge is 2.12. The maximum absolute atomic E-state index is 6.42. The van der Waals surface area contributed by atoms with E-state index in [-0.39, 0.29) is 0 Å². The molecule has 3 aromatic carbocycles. The number of nitrogens with one attached hydrogen (secondary N) is 1. The molecule has 0 aliphatic carbocycles. The van der Waals surface area contributed by atoms with Crippen LogP contribution in [0.3, 0.4) is 0 Å². The summed E-state index contributed by atoms with van der Waals surface area (Å²) < 4.78 is 8.11. The summed E-state index contributed by atoms with van der Waals surface area (Å²) in [6.07, 6.45) is 2.09. The van der Waals surface area contributed by atoms with Crippen LogP contribution in [0.15, 0.2) is 66.9 Å². The Morgan fingerprint density at radius 3 is 2.59 bits per heavy atom. The first kappa shape index (κ1) is 19.5. The number of fused-ring (bicyclic) bond motifs is 2. The Bertz CT molecular complexity index is 1140. The SMILES string of the molecule is C[Si](C)(C)CCOCn1ccc2ccc(Nc3ccc4ccccc4c3N)cc21. The van der Waals surface area contributed by atoms with Crippen LogP contribution in [-0.2, 0) is 11.5 Å². The van der Waals surface area contributed by atoms with Gasteiger partial charge in [0.2, 0.25) is 0 Å². The van der Waals surface area contributed by atoms with E-state index in [9.17, 15) is 0 Å². The number of ether oxygens (including phenoxy) is 1. The van der Waals surface area contributed by atoms with E-state index in [1.165, 1.54) is 11.4 Å². The van der Waals surface area contributed by atoms with Gasteiger partial charge in [-0.15, -0.1) is 0 Å². The Balaban J connectivity index is 1.54. The zero-order valence-corrected chi connectivity index (χ0v) is 18.4. The molecular formula is C24H29N3OSi. The molecule has 0 amide bonds. The molecule has 0 aliphatic heterocycles. The first-order chi connectivity index (χ1) is 13.9. The summed E-state index contributed by atoms with van der Waals surface area (Å²) in [6.45, 7) is 8.52. The molecule has 4 aromatic rings. The first-order valence-corrected chi connectivity index (χ1v) is 13.8. The molecule has 150 valence electrons. The van der Waals surface area contributed by atoms with Crippen molar-refractivity contribution in [1.82, 2.24) is 4.57 Å². The van der Waals surface area contributed by atoms with Crippen LogP contribution in [0.2, 0.25) is 25.7 Å². The zero-order chi connectivity index (χ0) is 20.4. The Hall–Kier alpha value is -2.76. The third-order valence-electron chi connectivity index (χ3n) is 5.25. The molecule has 0 spiro atoms. The van der Waals surface area contributed by atoms with Crippen LogP contribution in [0.25, 0.3) is 21.7 Å². The van der Waals surface area contributed by atoms with E-state index in [0.717, 1.165) is 40.0 Å². The molecule has 5 heteroatoms. The van der Waals surface area contributed by atoms with Crippen molar-refractivity contribution < 1.29 is 4.74 Å². The smallest absolute Gasteiger partial charge is 0.122 e. The van der Waals surface area contributed by atoms with Crippen molar-refractivity contribution in [3.05, 3.63) is 66.9 Å². The molecule has 0 unspecified atom stereocenters. The number of anilines is 3. The van der Waals surface area contributed by atoms with Gasteiger partial charge in [0.15, 0.2) is 0 Å². The van der Waals surface area contributed by atoms with Gasteiger partial charge in [-0.3, -0.25) is 0 Å². The number of benzene rings is 3. The molecule has 1 heterocycles. The molecule has 29 heavy (non-hydrogen) atoms. The van der Waals surface area contributed by atoms with Crippen LogP contribution in [0.5, 0.6) is 0 Å². The second-order valence-corrected chi connectivity index (χ2v) is 14.4. The molecule has 0 bridgehead atoms. The highest BCUT2D eigenvalue weighted by molar-refractivity contribution is 6.76. The lowest BCUT2D eigenvalue weighted by Gasteiger charge is -2.16. The number of nitrogens with two attached hydrogens (primary N) is 1.